The summed E-state index contributed by atoms with van der Waals surface area (Å²) in [5, 5.41) is 4.38. The highest BCUT2D eigenvalue weighted by molar-refractivity contribution is 6.34. The molecule has 0 saturated carbocycles. The van der Waals surface area contributed by atoms with Crippen molar-refractivity contribution in [3.05, 3.63) is 52.6 Å². The molecule has 5 heteroatoms. The summed E-state index contributed by atoms with van der Waals surface area (Å²) < 4.78 is 14.4. The molecule has 2 rings (SSSR count). The molecule has 0 atom stereocenters. The van der Waals surface area contributed by atoms with E-state index in [2.05, 4.69) is 5.10 Å². The van der Waals surface area contributed by atoms with Crippen LogP contribution >= 0.6 is 11.6 Å². The van der Waals surface area contributed by atoms with Crippen molar-refractivity contribution in [1.29, 1.82) is 0 Å². The molecule has 0 aliphatic heterocycles. The number of nitrogens with zero attached hydrogens (tertiary/aromatic N) is 2. The van der Waals surface area contributed by atoms with Crippen LogP contribution in [0.2, 0.25) is 5.02 Å². The van der Waals surface area contributed by atoms with Crippen molar-refractivity contribution in [2.24, 2.45) is 0 Å². The monoisotopic (exact) mass is 266 g/mol. The first kappa shape index (κ1) is 12.8. The second-order valence-corrected chi connectivity index (χ2v) is 4.31. The van der Waals surface area contributed by atoms with Crippen molar-refractivity contribution in [3.63, 3.8) is 0 Å². The Labute approximate surface area is 109 Å². The van der Waals surface area contributed by atoms with Crippen molar-refractivity contribution in [1.82, 2.24) is 9.78 Å². The van der Waals surface area contributed by atoms with Gasteiger partial charge in [-0.3, -0.25) is 9.48 Å². The van der Waals surface area contributed by atoms with Crippen molar-refractivity contribution < 1.29 is 9.18 Å². The van der Waals surface area contributed by atoms with E-state index < -0.39 is 0 Å². The lowest BCUT2D eigenvalue weighted by molar-refractivity contribution is 0.102. The molecule has 0 saturated heterocycles. The summed E-state index contributed by atoms with van der Waals surface area (Å²) in [5.41, 5.74) is 0.751. The minimum absolute atomic E-state index is 0.244. The van der Waals surface area contributed by atoms with Crippen LogP contribution in [0.25, 0.3) is 0 Å². The summed E-state index contributed by atoms with van der Waals surface area (Å²) in [4.78, 5) is 12.3. The van der Waals surface area contributed by atoms with Gasteiger partial charge >= 0.3 is 0 Å². The zero-order chi connectivity index (χ0) is 13.1. The molecule has 0 N–H and O–H groups in total. The molecule has 3 nitrogen and oxygen atoms in total. The first-order valence-electron chi connectivity index (χ1n) is 5.65. The zero-order valence-corrected chi connectivity index (χ0v) is 10.6. The molecule has 1 aromatic heterocycles. The van der Waals surface area contributed by atoms with Gasteiger partial charge in [0.2, 0.25) is 5.78 Å². The highest BCUT2D eigenvalue weighted by atomic mass is 35.5. The van der Waals surface area contributed by atoms with Crippen LogP contribution < -0.4 is 0 Å². The van der Waals surface area contributed by atoms with E-state index in [1.54, 1.807) is 4.68 Å². The van der Waals surface area contributed by atoms with Gasteiger partial charge in [-0.15, -0.1) is 0 Å². The van der Waals surface area contributed by atoms with Crippen LogP contribution in [0.15, 0.2) is 30.5 Å². The lowest BCUT2D eigenvalue weighted by atomic mass is 10.1. The molecule has 94 valence electrons. The number of ketones is 1. The standard InChI is InChI=1S/C13H12ClFN2O/c1-2-7-17-12(11(14)8-16-17)13(18)9-3-5-10(15)6-4-9/h3-6,8H,2,7H2,1H3. The normalized spacial score (nSPS) is 10.6. The van der Waals surface area contributed by atoms with Gasteiger partial charge in [0.05, 0.1) is 11.2 Å². The fraction of sp³-hybridized carbons (Fsp3) is 0.231. The number of carbonyl (C=O) groups is 1. The quantitative estimate of drug-likeness (QED) is 0.796. The number of hydrogen-bond acceptors (Lipinski definition) is 2. The molecule has 0 aliphatic carbocycles. The molecule has 0 unspecified atom stereocenters. The Morgan fingerprint density at radius 2 is 2.06 bits per heavy atom. The predicted octanol–water partition coefficient (Wildman–Crippen LogP) is 3.32. The van der Waals surface area contributed by atoms with E-state index >= 15 is 0 Å². The van der Waals surface area contributed by atoms with Crippen molar-refractivity contribution in [3.8, 4) is 0 Å². The topological polar surface area (TPSA) is 34.9 Å². The Bertz CT molecular complexity index is 563. The number of benzene rings is 1. The number of hydrogen-bond donors (Lipinski definition) is 0. The average Bonchev–Trinajstić information content (AvgIpc) is 2.71. The number of rotatable bonds is 4. The summed E-state index contributed by atoms with van der Waals surface area (Å²) in [6.45, 7) is 2.61. The summed E-state index contributed by atoms with van der Waals surface area (Å²) in [7, 11) is 0. The maximum atomic E-state index is 12.8. The predicted molar refractivity (Wildman–Crippen MR) is 67.4 cm³/mol. The van der Waals surface area contributed by atoms with Crippen LogP contribution in [0.3, 0.4) is 0 Å². The van der Waals surface area contributed by atoms with E-state index in [1.807, 2.05) is 6.92 Å². The molecule has 0 amide bonds. The first-order chi connectivity index (χ1) is 8.63. The van der Waals surface area contributed by atoms with Gasteiger partial charge < -0.3 is 0 Å². The molecule has 1 aromatic carbocycles. The lowest BCUT2D eigenvalue weighted by Crippen LogP contribution is -2.12. The van der Waals surface area contributed by atoms with Gasteiger partial charge in [0.25, 0.3) is 0 Å². The third kappa shape index (κ3) is 2.43. The fourth-order valence-corrected chi connectivity index (χ4v) is 1.93. The van der Waals surface area contributed by atoms with E-state index in [4.69, 9.17) is 11.6 Å². The summed E-state index contributed by atoms with van der Waals surface area (Å²) in [6, 6.07) is 5.39. The number of aromatic nitrogens is 2. The largest absolute Gasteiger partial charge is 0.287 e. The van der Waals surface area contributed by atoms with Crippen molar-refractivity contribution in [2.45, 2.75) is 19.9 Å². The third-order valence-electron chi connectivity index (χ3n) is 2.55. The van der Waals surface area contributed by atoms with Gasteiger partial charge in [-0.25, -0.2) is 4.39 Å². The summed E-state index contributed by atoms with van der Waals surface area (Å²) in [6.07, 6.45) is 2.30. The summed E-state index contributed by atoms with van der Waals surface area (Å²) in [5.74, 6) is -0.620. The van der Waals surface area contributed by atoms with E-state index in [-0.39, 0.29) is 11.6 Å². The lowest BCUT2D eigenvalue weighted by Gasteiger charge is -2.06. The first-order valence-corrected chi connectivity index (χ1v) is 6.03. The van der Waals surface area contributed by atoms with E-state index in [0.717, 1.165) is 6.42 Å². The molecule has 0 aliphatic rings. The van der Waals surface area contributed by atoms with Crippen LogP contribution in [0.4, 0.5) is 4.39 Å². The van der Waals surface area contributed by atoms with Crippen LogP contribution in [-0.4, -0.2) is 15.6 Å². The molecular weight excluding hydrogens is 255 g/mol. The molecule has 0 spiro atoms. The van der Waals surface area contributed by atoms with Gasteiger partial charge in [-0.1, -0.05) is 18.5 Å². The molecule has 0 radical (unpaired) electrons. The highest BCUT2D eigenvalue weighted by Crippen LogP contribution is 2.19. The van der Waals surface area contributed by atoms with Crippen LogP contribution in [0.5, 0.6) is 0 Å². The van der Waals surface area contributed by atoms with Gasteiger partial charge in [0, 0.05) is 12.1 Å². The molecule has 2 aromatic rings. The minimum atomic E-state index is -0.375. The molecule has 18 heavy (non-hydrogen) atoms. The second kappa shape index (κ2) is 5.31. The second-order valence-electron chi connectivity index (χ2n) is 3.90. The van der Waals surface area contributed by atoms with E-state index in [0.29, 0.717) is 22.8 Å². The van der Waals surface area contributed by atoms with Crippen LogP contribution in [0.1, 0.15) is 29.4 Å². The molecule has 0 bridgehead atoms. The zero-order valence-electron chi connectivity index (χ0n) is 9.86. The minimum Gasteiger partial charge on any atom is -0.287 e. The maximum absolute atomic E-state index is 12.8. The summed E-state index contributed by atoms with van der Waals surface area (Å²) >= 11 is 5.98. The van der Waals surface area contributed by atoms with Gasteiger partial charge in [-0.2, -0.15) is 5.10 Å². The molecular formula is C13H12ClFN2O. The maximum Gasteiger partial charge on any atom is 0.212 e. The number of aryl methyl sites for hydroxylation is 1. The van der Waals surface area contributed by atoms with E-state index in [1.165, 1.54) is 30.5 Å². The van der Waals surface area contributed by atoms with Crippen molar-refractivity contribution in [2.75, 3.05) is 0 Å². The third-order valence-corrected chi connectivity index (χ3v) is 2.83. The average molecular weight is 267 g/mol. The Hall–Kier alpha value is -1.68. The highest BCUT2D eigenvalue weighted by Gasteiger charge is 2.18. The van der Waals surface area contributed by atoms with Gasteiger partial charge in [0.15, 0.2) is 0 Å². The number of carbonyl (C=O) groups excluding carboxylic acids is 1. The van der Waals surface area contributed by atoms with E-state index in [9.17, 15) is 9.18 Å². The smallest absolute Gasteiger partial charge is 0.212 e. The fourth-order valence-electron chi connectivity index (χ4n) is 1.71. The molecule has 1 heterocycles. The Morgan fingerprint density at radius 1 is 1.39 bits per heavy atom. The van der Waals surface area contributed by atoms with Crippen molar-refractivity contribution >= 4 is 17.4 Å². The van der Waals surface area contributed by atoms with Gasteiger partial charge in [-0.05, 0) is 30.7 Å². The molecule has 0 fully saturated rings. The Kier molecular flexibility index (Phi) is 3.77. The van der Waals surface area contributed by atoms with Gasteiger partial charge in [0.1, 0.15) is 11.5 Å². The van der Waals surface area contributed by atoms with Crippen LogP contribution in [0, 0.1) is 5.82 Å². The number of halogens is 2. The Morgan fingerprint density at radius 3 is 2.67 bits per heavy atom. The SMILES string of the molecule is CCCn1ncc(Cl)c1C(=O)c1ccc(F)cc1. The van der Waals surface area contributed by atoms with Crippen LogP contribution in [-0.2, 0) is 6.54 Å². The Balaban J connectivity index is 2.39.